The van der Waals surface area contributed by atoms with E-state index in [0.717, 1.165) is 0 Å². The van der Waals surface area contributed by atoms with Crippen LogP contribution in [0.5, 0.6) is 0 Å². The number of fused-ring (bicyclic) bond motifs is 1. The zero-order valence-corrected chi connectivity index (χ0v) is 6.68. The summed E-state index contributed by atoms with van der Waals surface area (Å²) in [5.74, 6) is 0. The minimum atomic E-state index is -0.892. The Labute approximate surface area is 70.8 Å². The molecule has 0 atom stereocenters. The van der Waals surface area contributed by atoms with E-state index in [9.17, 15) is 9.59 Å². The standard InChI is InChI=1S/C6H6N4O3/c1-9-2-7-4-3(9)5(11)10(13)6(12)8-4/h2,13H,1H3,(H,8,12). The molecule has 2 rings (SSSR count). The Morgan fingerprint density at radius 2 is 2.23 bits per heavy atom. The second-order valence-corrected chi connectivity index (χ2v) is 2.60. The monoisotopic (exact) mass is 182 g/mol. The van der Waals surface area contributed by atoms with Crippen molar-refractivity contribution in [2.24, 2.45) is 7.05 Å². The Balaban J connectivity index is 3.16. The molecule has 68 valence electrons. The van der Waals surface area contributed by atoms with E-state index in [4.69, 9.17) is 5.21 Å². The van der Waals surface area contributed by atoms with E-state index in [-0.39, 0.29) is 15.9 Å². The number of nitrogens with zero attached hydrogens (tertiary/aromatic N) is 3. The summed E-state index contributed by atoms with van der Waals surface area (Å²) in [6.45, 7) is 0. The number of aromatic nitrogens is 4. The number of nitrogens with one attached hydrogen (secondary N) is 1. The van der Waals surface area contributed by atoms with Gasteiger partial charge in [0.1, 0.15) is 0 Å². The molecule has 13 heavy (non-hydrogen) atoms. The van der Waals surface area contributed by atoms with Gasteiger partial charge < -0.3 is 9.77 Å². The molecule has 2 N–H and O–H groups in total. The Hall–Kier alpha value is -2.05. The van der Waals surface area contributed by atoms with Crippen LogP contribution in [0.3, 0.4) is 0 Å². The molecule has 2 aromatic rings. The van der Waals surface area contributed by atoms with Crippen molar-refractivity contribution >= 4 is 11.2 Å². The predicted molar refractivity (Wildman–Crippen MR) is 42.8 cm³/mol. The maximum absolute atomic E-state index is 11.3. The number of hydrogen-bond acceptors (Lipinski definition) is 4. The fourth-order valence-electron chi connectivity index (χ4n) is 1.12. The molecule has 7 nitrogen and oxygen atoms in total. The zero-order chi connectivity index (χ0) is 9.59. The molecule has 0 saturated carbocycles. The van der Waals surface area contributed by atoms with Crippen molar-refractivity contribution in [3.8, 4) is 0 Å². The Kier molecular flexibility index (Phi) is 1.30. The second-order valence-electron chi connectivity index (χ2n) is 2.60. The number of aryl methyl sites for hydroxylation is 1. The first-order chi connectivity index (χ1) is 6.11. The van der Waals surface area contributed by atoms with Gasteiger partial charge in [0.2, 0.25) is 0 Å². The lowest BCUT2D eigenvalue weighted by atomic mass is 10.5. The predicted octanol–water partition coefficient (Wildman–Crippen LogP) is -1.34. The zero-order valence-electron chi connectivity index (χ0n) is 6.68. The first-order valence-electron chi connectivity index (χ1n) is 3.47. The van der Waals surface area contributed by atoms with Crippen LogP contribution in [-0.4, -0.2) is 24.5 Å². The van der Waals surface area contributed by atoms with Crippen LogP contribution in [0.25, 0.3) is 11.2 Å². The van der Waals surface area contributed by atoms with Crippen molar-refractivity contribution in [1.82, 2.24) is 19.3 Å². The van der Waals surface area contributed by atoms with Gasteiger partial charge in [-0.15, -0.1) is 0 Å². The number of H-pyrrole nitrogens is 1. The first kappa shape index (κ1) is 7.59. The third-order valence-electron chi connectivity index (χ3n) is 1.75. The molecule has 2 aromatic heterocycles. The van der Waals surface area contributed by atoms with Crippen molar-refractivity contribution in [3.63, 3.8) is 0 Å². The summed E-state index contributed by atoms with van der Waals surface area (Å²) in [5.41, 5.74) is -1.35. The van der Waals surface area contributed by atoms with Gasteiger partial charge in [-0.25, -0.2) is 9.78 Å². The van der Waals surface area contributed by atoms with E-state index in [2.05, 4.69) is 9.97 Å². The second kappa shape index (κ2) is 2.22. The van der Waals surface area contributed by atoms with Crippen molar-refractivity contribution in [2.45, 2.75) is 0 Å². The van der Waals surface area contributed by atoms with Crippen LogP contribution in [0.15, 0.2) is 15.9 Å². The average molecular weight is 182 g/mol. The van der Waals surface area contributed by atoms with Gasteiger partial charge in [-0.3, -0.25) is 9.78 Å². The van der Waals surface area contributed by atoms with Crippen molar-refractivity contribution in [3.05, 3.63) is 27.2 Å². The van der Waals surface area contributed by atoms with Crippen molar-refractivity contribution in [2.75, 3.05) is 0 Å². The fraction of sp³-hybridized carbons (Fsp3) is 0.167. The van der Waals surface area contributed by atoms with Gasteiger partial charge in [0.05, 0.1) is 6.33 Å². The Bertz CT molecular complexity index is 576. The summed E-state index contributed by atoms with van der Waals surface area (Å²) in [6, 6.07) is 0. The van der Waals surface area contributed by atoms with Gasteiger partial charge in [-0.05, 0) is 0 Å². The minimum absolute atomic E-state index is 0.0179. The maximum atomic E-state index is 11.3. The van der Waals surface area contributed by atoms with Crippen molar-refractivity contribution in [1.29, 1.82) is 0 Å². The quantitative estimate of drug-likeness (QED) is 0.493. The van der Waals surface area contributed by atoms with Crippen LogP contribution in [-0.2, 0) is 7.05 Å². The first-order valence-corrected chi connectivity index (χ1v) is 3.47. The van der Waals surface area contributed by atoms with E-state index in [1.54, 1.807) is 7.05 Å². The van der Waals surface area contributed by atoms with E-state index < -0.39 is 11.2 Å². The number of imidazole rings is 1. The van der Waals surface area contributed by atoms with E-state index >= 15 is 0 Å². The summed E-state index contributed by atoms with van der Waals surface area (Å²) < 4.78 is 1.43. The molecular weight excluding hydrogens is 176 g/mol. The molecule has 2 heterocycles. The molecule has 0 bridgehead atoms. The Morgan fingerprint density at radius 1 is 1.54 bits per heavy atom. The summed E-state index contributed by atoms with van der Waals surface area (Å²) in [5, 5.41) is 8.97. The topological polar surface area (TPSA) is 92.9 Å². The maximum Gasteiger partial charge on any atom is 0.363 e. The van der Waals surface area contributed by atoms with Gasteiger partial charge in [0, 0.05) is 7.05 Å². The molecule has 0 amide bonds. The fourth-order valence-corrected chi connectivity index (χ4v) is 1.12. The lowest BCUT2D eigenvalue weighted by Crippen LogP contribution is -2.33. The van der Waals surface area contributed by atoms with Gasteiger partial charge in [-0.2, -0.15) is 0 Å². The SMILES string of the molecule is Cn1cnc2[nH]c(=O)n(O)c(=O)c21. The molecule has 0 spiro atoms. The van der Waals surface area contributed by atoms with E-state index in [1.165, 1.54) is 10.9 Å². The highest BCUT2D eigenvalue weighted by atomic mass is 16.5. The molecule has 0 aliphatic rings. The highest BCUT2D eigenvalue weighted by Gasteiger charge is 2.09. The largest absolute Gasteiger partial charge is 0.421 e. The van der Waals surface area contributed by atoms with Crippen molar-refractivity contribution < 1.29 is 5.21 Å². The van der Waals surface area contributed by atoms with Gasteiger partial charge in [-0.1, -0.05) is 4.73 Å². The minimum Gasteiger partial charge on any atom is -0.421 e. The molecule has 0 aliphatic carbocycles. The lowest BCUT2D eigenvalue weighted by molar-refractivity contribution is 0.162. The molecule has 0 aromatic carbocycles. The summed E-state index contributed by atoms with van der Waals surface area (Å²) in [6.07, 6.45) is 1.38. The number of rotatable bonds is 0. The highest BCUT2D eigenvalue weighted by Crippen LogP contribution is 1.98. The third-order valence-corrected chi connectivity index (χ3v) is 1.75. The normalized spacial score (nSPS) is 10.8. The Morgan fingerprint density at radius 3 is 2.92 bits per heavy atom. The summed E-state index contributed by atoms with van der Waals surface area (Å²) in [4.78, 5) is 28.1. The van der Waals surface area contributed by atoms with Gasteiger partial charge >= 0.3 is 11.2 Å². The van der Waals surface area contributed by atoms with E-state index in [1.807, 2.05) is 0 Å². The van der Waals surface area contributed by atoms with Crippen LogP contribution < -0.4 is 11.2 Å². The smallest absolute Gasteiger partial charge is 0.363 e. The lowest BCUT2D eigenvalue weighted by Gasteiger charge is -1.95. The summed E-state index contributed by atoms with van der Waals surface area (Å²) >= 11 is 0. The van der Waals surface area contributed by atoms with Gasteiger partial charge in [0.25, 0.3) is 0 Å². The third kappa shape index (κ3) is 0.866. The van der Waals surface area contributed by atoms with Crippen LogP contribution in [0.4, 0.5) is 0 Å². The van der Waals surface area contributed by atoms with Crippen LogP contribution in [0.1, 0.15) is 0 Å². The molecule has 0 radical (unpaired) electrons. The average Bonchev–Trinajstić information content (AvgIpc) is 2.43. The summed E-state index contributed by atoms with van der Waals surface area (Å²) in [7, 11) is 1.59. The molecule has 0 unspecified atom stereocenters. The molecule has 0 fully saturated rings. The molecule has 7 heteroatoms. The van der Waals surface area contributed by atoms with Crippen LogP contribution >= 0.6 is 0 Å². The highest BCUT2D eigenvalue weighted by molar-refractivity contribution is 5.68. The van der Waals surface area contributed by atoms with E-state index in [0.29, 0.717) is 0 Å². The molecular formula is C6H6N4O3. The number of hydrogen-bond donors (Lipinski definition) is 2. The molecule has 0 saturated heterocycles. The number of aromatic amines is 1. The van der Waals surface area contributed by atoms with Crippen LogP contribution in [0, 0.1) is 0 Å². The molecule has 0 aliphatic heterocycles. The van der Waals surface area contributed by atoms with Crippen LogP contribution in [0.2, 0.25) is 0 Å². The van der Waals surface area contributed by atoms with Gasteiger partial charge in [0.15, 0.2) is 11.2 Å².